The van der Waals surface area contributed by atoms with Gasteiger partial charge in [-0.2, -0.15) is 0 Å². The minimum atomic E-state index is -0.276. The minimum absolute atomic E-state index is 0.276. The van der Waals surface area contributed by atoms with Gasteiger partial charge in [-0.05, 0) is 12.1 Å². The van der Waals surface area contributed by atoms with Crippen molar-refractivity contribution >= 4 is 11.7 Å². The lowest BCUT2D eigenvalue weighted by Gasteiger charge is -2.36. The van der Waals surface area contributed by atoms with Gasteiger partial charge in [0, 0.05) is 39.8 Å². The molecule has 1 aromatic carbocycles. The summed E-state index contributed by atoms with van der Waals surface area (Å²) in [7, 11) is 3.14. The first-order valence-corrected chi connectivity index (χ1v) is 6.90. The number of anilines is 1. The number of methoxy groups -OCH3 is 2. The van der Waals surface area contributed by atoms with E-state index in [1.807, 2.05) is 24.3 Å². The van der Waals surface area contributed by atoms with E-state index in [1.165, 1.54) is 7.11 Å². The topological polar surface area (TPSA) is 42.0 Å². The van der Waals surface area contributed by atoms with Crippen LogP contribution < -0.4 is 4.90 Å². The summed E-state index contributed by atoms with van der Waals surface area (Å²) in [5.74, 6) is -0.276. The van der Waals surface area contributed by atoms with Gasteiger partial charge in [0.1, 0.15) is 0 Å². The largest absolute Gasteiger partial charge is 0.465 e. The van der Waals surface area contributed by atoms with E-state index in [0.29, 0.717) is 5.56 Å². The van der Waals surface area contributed by atoms with Gasteiger partial charge in [0.05, 0.1) is 25.0 Å². The first-order valence-electron chi connectivity index (χ1n) is 6.90. The maximum atomic E-state index is 11.8. The Balaban J connectivity index is 2.02. The lowest BCUT2D eigenvalue weighted by atomic mass is 10.1. The van der Waals surface area contributed by atoms with E-state index < -0.39 is 0 Å². The Kier molecular flexibility index (Phi) is 5.38. The second-order valence-corrected chi connectivity index (χ2v) is 4.83. The third kappa shape index (κ3) is 3.49. The molecule has 0 atom stereocenters. The third-order valence-electron chi connectivity index (χ3n) is 3.63. The molecule has 1 heterocycles. The Hall–Kier alpha value is -1.59. The summed E-state index contributed by atoms with van der Waals surface area (Å²) in [4.78, 5) is 16.4. The number of ether oxygens (including phenoxy) is 2. The molecule has 0 aromatic heterocycles. The zero-order valence-corrected chi connectivity index (χ0v) is 12.2. The quantitative estimate of drug-likeness (QED) is 0.758. The van der Waals surface area contributed by atoms with Gasteiger partial charge in [0.15, 0.2) is 0 Å². The van der Waals surface area contributed by atoms with Crippen LogP contribution in [-0.2, 0) is 9.47 Å². The highest BCUT2D eigenvalue weighted by Gasteiger charge is 2.21. The summed E-state index contributed by atoms with van der Waals surface area (Å²) in [5.41, 5.74) is 1.60. The normalized spacial score (nSPS) is 16.2. The third-order valence-corrected chi connectivity index (χ3v) is 3.63. The highest BCUT2D eigenvalue weighted by atomic mass is 16.5. The maximum absolute atomic E-state index is 11.8. The molecule has 0 N–H and O–H groups in total. The molecule has 5 nitrogen and oxygen atoms in total. The average molecular weight is 278 g/mol. The highest BCUT2D eigenvalue weighted by Crippen LogP contribution is 2.22. The zero-order valence-electron chi connectivity index (χ0n) is 12.2. The van der Waals surface area contributed by atoms with E-state index in [4.69, 9.17) is 9.47 Å². The molecule has 1 aliphatic rings. The number of benzene rings is 1. The molecule has 2 rings (SSSR count). The van der Waals surface area contributed by atoms with Crippen LogP contribution in [0.2, 0.25) is 0 Å². The Morgan fingerprint density at radius 2 is 1.85 bits per heavy atom. The molecular weight excluding hydrogens is 256 g/mol. The van der Waals surface area contributed by atoms with Crippen molar-refractivity contribution in [2.24, 2.45) is 0 Å². The number of rotatable bonds is 5. The molecule has 0 saturated carbocycles. The van der Waals surface area contributed by atoms with E-state index >= 15 is 0 Å². The number of para-hydroxylation sites is 1. The molecule has 0 bridgehead atoms. The van der Waals surface area contributed by atoms with Gasteiger partial charge in [-0.15, -0.1) is 0 Å². The van der Waals surface area contributed by atoms with Crippen LogP contribution in [0.15, 0.2) is 24.3 Å². The summed E-state index contributed by atoms with van der Waals surface area (Å²) in [6, 6.07) is 7.62. The van der Waals surface area contributed by atoms with Crippen LogP contribution in [0.4, 0.5) is 5.69 Å². The molecular formula is C15H22N2O3. The number of piperazine rings is 1. The Labute approximate surface area is 120 Å². The van der Waals surface area contributed by atoms with Crippen molar-refractivity contribution in [3.8, 4) is 0 Å². The van der Waals surface area contributed by atoms with Gasteiger partial charge in [-0.3, -0.25) is 4.90 Å². The Bertz CT molecular complexity index is 442. The Morgan fingerprint density at radius 3 is 2.50 bits per heavy atom. The lowest BCUT2D eigenvalue weighted by Crippen LogP contribution is -2.47. The van der Waals surface area contributed by atoms with Gasteiger partial charge in [-0.1, -0.05) is 12.1 Å². The van der Waals surface area contributed by atoms with Crippen molar-refractivity contribution < 1.29 is 14.3 Å². The number of esters is 1. The van der Waals surface area contributed by atoms with E-state index in [0.717, 1.165) is 45.0 Å². The summed E-state index contributed by atoms with van der Waals surface area (Å²) < 4.78 is 9.95. The number of nitrogens with zero attached hydrogens (tertiary/aromatic N) is 2. The predicted octanol–water partition coefficient (Wildman–Crippen LogP) is 1.24. The van der Waals surface area contributed by atoms with Crippen LogP contribution in [0.3, 0.4) is 0 Å². The monoisotopic (exact) mass is 278 g/mol. The number of hydrogen-bond acceptors (Lipinski definition) is 5. The second-order valence-electron chi connectivity index (χ2n) is 4.83. The van der Waals surface area contributed by atoms with Gasteiger partial charge in [0.2, 0.25) is 0 Å². The van der Waals surface area contributed by atoms with Gasteiger partial charge in [0.25, 0.3) is 0 Å². The molecule has 20 heavy (non-hydrogen) atoms. The first kappa shape index (κ1) is 14.8. The molecule has 0 aliphatic carbocycles. The van der Waals surface area contributed by atoms with Crippen LogP contribution in [0.25, 0.3) is 0 Å². The molecule has 1 saturated heterocycles. The smallest absolute Gasteiger partial charge is 0.339 e. The number of carbonyl (C=O) groups is 1. The fourth-order valence-corrected chi connectivity index (χ4v) is 2.46. The van der Waals surface area contributed by atoms with Crippen molar-refractivity contribution in [1.82, 2.24) is 4.90 Å². The van der Waals surface area contributed by atoms with Gasteiger partial charge in [-0.25, -0.2) is 4.79 Å². The molecule has 5 heteroatoms. The average Bonchev–Trinajstić information content (AvgIpc) is 2.52. The highest BCUT2D eigenvalue weighted by molar-refractivity contribution is 5.95. The van der Waals surface area contributed by atoms with Crippen LogP contribution in [0.5, 0.6) is 0 Å². The van der Waals surface area contributed by atoms with E-state index in [-0.39, 0.29) is 5.97 Å². The van der Waals surface area contributed by atoms with Crippen molar-refractivity contribution in [1.29, 1.82) is 0 Å². The molecule has 0 amide bonds. The fourth-order valence-electron chi connectivity index (χ4n) is 2.46. The van der Waals surface area contributed by atoms with Crippen molar-refractivity contribution in [2.45, 2.75) is 0 Å². The van der Waals surface area contributed by atoms with Crippen LogP contribution in [-0.4, -0.2) is 64.4 Å². The predicted molar refractivity (Wildman–Crippen MR) is 78.3 cm³/mol. The molecule has 1 aromatic rings. The summed E-state index contributed by atoms with van der Waals surface area (Å²) in [6.07, 6.45) is 0. The minimum Gasteiger partial charge on any atom is -0.465 e. The van der Waals surface area contributed by atoms with Crippen LogP contribution in [0, 0.1) is 0 Å². The second kappa shape index (κ2) is 7.26. The molecule has 1 aliphatic heterocycles. The lowest BCUT2D eigenvalue weighted by molar-refractivity contribution is 0.0601. The van der Waals surface area contributed by atoms with Crippen molar-refractivity contribution in [2.75, 3.05) is 58.5 Å². The van der Waals surface area contributed by atoms with Crippen molar-refractivity contribution in [3.63, 3.8) is 0 Å². The maximum Gasteiger partial charge on any atom is 0.339 e. The fraction of sp³-hybridized carbons (Fsp3) is 0.533. The van der Waals surface area contributed by atoms with Crippen LogP contribution >= 0.6 is 0 Å². The van der Waals surface area contributed by atoms with Crippen molar-refractivity contribution in [3.05, 3.63) is 29.8 Å². The standard InChI is InChI=1S/C15H22N2O3/c1-19-12-11-16-7-9-17(10-8-16)14-6-4-3-5-13(14)15(18)20-2/h3-6H,7-12H2,1-2H3. The molecule has 0 radical (unpaired) electrons. The molecule has 0 spiro atoms. The molecule has 1 fully saturated rings. The van der Waals surface area contributed by atoms with E-state index in [2.05, 4.69) is 9.80 Å². The van der Waals surface area contributed by atoms with Gasteiger partial charge < -0.3 is 14.4 Å². The van der Waals surface area contributed by atoms with Crippen LogP contribution in [0.1, 0.15) is 10.4 Å². The SMILES string of the molecule is COCCN1CCN(c2ccccc2C(=O)OC)CC1. The summed E-state index contributed by atoms with van der Waals surface area (Å²) in [5, 5.41) is 0. The number of hydrogen-bond donors (Lipinski definition) is 0. The Morgan fingerprint density at radius 1 is 1.15 bits per heavy atom. The number of carbonyl (C=O) groups excluding carboxylic acids is 1. The van der Waals surface area contributed by atoms with E-state index in [1.54, 1.807) is 7.11 Å². The first-order chi connectivity index (χ1) is 9.76. The molecule has 0 unspecified atom stereocenters. The molecule has 110 valence electrons. The summed E-state index contributed by atoms with van der Waals surface area (Å²) >= 11 is 0. The summed E-state index contributed by atoms with van der Waals surface area (Å²) in [6.45, 7) is 5.52. The van der Waals surface area contributed by atoms with Gasteiger partial charge >= 0.3 is 5.97 Å². The van der Waals surface area contributed by atoms with E-state index in [9.17, 15) is 4.79 Å². The zero-order chi connectivity index (χ0) is 14.4.